The minimum absolute atomic E-state index is 0.0243. The van der Waals surface area contributed by atoms with Gasteiger partial charge in [0.2, 0.25) is 29.6 Å². The number of rotatable bonds is 23. The van der Waals surface area contributed by atoms with Crippen LogP contribution >= 0.6 is 15.9 Å². The highest BCUT2D eigenvalue weighted by Crippen LogP contribution is 2.38. The first-order valence-electron chi connectivity index (χ1n) is 23.2. The van der Waals surface area contributed by atoms with Gasteiger partial charge in [-0.2, -0.15) is 4.98 Å². The summed E-state index contributed by atoms with van der Waals surface area (Å²) in [5.74, 6) is 0.373. The second-order valence-corrected chi connectivity index (χ2v) is 18.9. The molecule has 1 saturated heterocycles. The Kier molecular flexibility index (Phi) is 18.2. The molecule has 4 aromatic rings. The first-order chi connectivity index (χ1) is 32.7. The number of nitrogens with zero attached hydrogens (tertiary/aromatic N) is 5. The predicted octanol–water partition coefficient (Wildman–Crippen LogP) is 6.74. The average Bonchev–Trinajstić information content (AvgIpc) is 3.38. The van der Waals surface area contributed by atoms with Crippen LogP contribution in [-0.2, 0) is 32.3 Å². The number of aromatic nitrogens is 2. The van der Waals surface area contributed by atoms with E-state index < -0.39 is 11.5 Å². The van der Waals surface area contributed by atoms with E-state index >= 15 is 0 Å². The summed E-state index contributed by atoms with van der Waals surface area (Å²) >= 11 is 3.51. The minimum Gasteiger partial charge on any atom is -0.495 e. The fraction of sp³-hybridized carbons (Fsp3) is 0.440. The van der Waals surface area contributed by atoms with E-state index in [1.54, 1.807) is 66.5 Å². The molecular weight excluding hydrogens is 933 g/mol. The molecule has 0 saturated carbocycles. The van der Waals surface area contributed by atoms with Crippen LogP contribution in [0.25, 0.3) is 0 Å². The number of hydrogen-bond acceptors (Lipinski definition) is 13. The van der Waals surface area contributed by atoms with Crippen LogP contribution in [0.1, 0.15) is 103 Å². The normalized spacial score (nSPS) is 15.6. The number of carbonyl (C=O) groups is 6. The molecule has 0 spiro atoms. The van der Waals surface area contributed by atoms with Crippen LogP contribution < -0.4 is 41.1 Å². The SMILES string of the molecule is COc1cc(C(=O)NCCCNCCCCCCCC(=O)Nc2cccc(C=O)c2CN(C)C2CCC(=O)NC2=O)ccc1Nc1ncc2c(n1)N(Cc1ccc(Br)cc1)CC(C)(C)C(=O)N2C. The molecule has 1 unspecified atom stereocenters. The maximum atomic E-state index is 13.5. The fourth-order valence-electron chi connectivity index (χ4n) is 8.47. The van der Waals surface area contributed by atoms with Crippen molar-refractivity contribution in [2.45, 2.75) is 90.8 Å². The standard InChI is InChI=1S/C50H63BrN10O7/c1-50(2)32-61(29-33-16-19-36(51)20-17-33)45-41(60(4)48(50)67)28-54-49(58-45)56-39-21-18-34(27-42(39)68-5)46(65)53-26-12-25-52-24-10-8-6-7-9-15-43(63)55-38-14-11-13-35(31-62)37(38)30-59(3)40-22-23-44(64)57-47(40)66/h11,13-14,16-21,27-28,31,40,52H,6-10,12,15,22-26,29-30,32H2,1-5H3,(H,53,65)(H,55,63)(H,54,56,58)(H,57,64,66). The van der Waals surface area contributed by atoms with Gasteiger partial charge in [0.1, 0.15) is 17.7 Å². The van der Waals surface area contributed by atoms with Crippen molar-refractivity contribution in [1.29, 1.82) is 0 Å². The number of aldehydes is 1. The number of halogens is 1. The maximum absolute atomic E-state index is 13.5. The lowest BCUT2D eigenvalue weighted by molar-refractivity contribution is -0.137. The van der Waals surface area contributed by atoms with Crippen molar-refractivity contribution < 1.29 is 33.5 Å². The number of benzene rings is 3. The number of piperidine rings is 1. The lowest BCUT2D eigenvalue weighted by Gasteiger charge is -2.30. The molecule has 17 nitrogen and oxygen atoms in total. The zero-order valence-corrected chi connectivity index (χ0v) is 41.2. The van der Waals surface area contributed by atoms with Crippen molar-refractivity contribution in [3.63, 3.8) is 0 Å². The Hall–Kier alpha value is -6.24. The molecule has 6 rings (SSSR count). The van der Waals surface area contributed by atoms with E-state index in [4.69, 9.17) is 9.72 Å². The highest BCUT2D eigenvalue weighted by Gasteiger charge is 2.39. The first-order valence-corrected chi connectivity index (χ1v) is 24.0. The minimum atomic E-state index is -0.672. The van der Waals surface area contributed by atoms with Gasteiger partial charge in [-0.25, -0.2) is 4.98 Å². The molecule has 3 heterocycles. The number of hydrogen-bond donors (Lipinski definition) is 5. The zero-order valence-electron chi connectivity index (χ0n) is 39.6. The Balaban J connectivity index is 0.881. The lowest BCUT2D eigenvalue weighted by Crippen LogP contribution is -2.51. The van der Waals surface area contributed by atoms with E-state index in [2.05, 4.69) is 52.4 Å². The molecule has 5 N–H and O–H groups in total. The molecule has 68 heavy (non-hydrogen) atoms. The van der Waals surface area contributed by atoms with Gasteiger partial charge in [0, 0.05) is 72.9 Å². The third-order valence-corrected chi connectivity index (χ3v) is 12.7. The Labute approximate surface area is 406 Å². The van der Waals surface area contributed by atoms with Crippen LogP contribution in [0, 0.1) is 5.41 Å². The van der Waals surface area contributed by atoms with Gasteiger partial charge in [0.15, 0.2) is 5.82 Å². The highest BCUT2D eigenvalue weighted by atomic mass is 79.9. The maximum Gasteiger partial charge on any atom is 0.251 e. The molecule has 2 aliphatic heterocycles. The number of imide groups is 1. The monoisotopic (exact) mass is 994 g/mol. The number of fused-ring (bicyclic) bond motifs is 1. The third kappa shape index (κ3) is 13.7. The quantitative estimate of drug-likeness (QED) is 0.0297. The Morgan fingerprint density at radius 1 is 0.971 bits per heavy atom. The molecule has 362 valence electrons. The molecule has 3 aromatic carbocycles. The van der Waals surface area contributed by atoms with Gasteiger partial charge < -0.3 is 35.8 Å². The number of anilines is 5. The van der Waals surface area contributed by atoms with Crippen molar-refractivity contribution >= 4 is 80.6 Å². The predicted molar refractivity (Wildman–Crippen MR) is 266 cm³/mol. The molecular formula is C50H63BrN10O7. The van der Waals surface area contributed by atoms with E-state index in [0.29, 0.717) is 83.7 Å². The van der Waals surface area contributed by atoms with Crippen molar-refractivity contribution in [3.8, 4) is 5.75 Å². The molecule has 0 aliphatic carbocycles. The number of likely N-dealkylation sites (N-methyl/N-ethyl adjacent to an activating group) is 1. The van der Waals surface area contributed by atoms with Crippen molar-refractivity contribution in [1.82, 2.24) is 30.8 Å². The van der Waals surface area contributed by atoms with Gasteiger partial charge in [0.25, 0.3) is 5.91 Å². The van der Waals surface area contributed by atoms with Crippen LogP contribution in [0.4, 0.5) is 28.8 Å². The van der Waals surface area contributed by atoms with E-state index in [9.17, 15) is 28.8 Å². The van der Waals surface area contributed by atoms with Crippen molar-refractivity contribution in [3.05, 3.63) is 93.6 Å². The lowest BCUT2D eigenvalue weighted by atomic mass is 9.91. The van der Waals surface area contributed by atoms with Crippen molar-refractivity contribution in [2.75, 3.05) is 67.8 Å². The van der Waals surface area contributed by atoms with Gasteiger partial charge >= 0.3 is 0 Å². The summed E-state index contributed by atoms with van der Waals surface area (Å²) in [7, 11) is 5.05. The van der Waals surface area contributed by atoms with Crippen LogP contribution in [0.5, 0.6) is 5.75 Å². The van der Waals surface area contributed by atoms with Gasteiger partial charge in [-0.3, -0.25) is 39.0 Å². The van der Waals surface area contributed by atoms with Gasteiger partial charge in [-0.15, -0.1) is 0 Å². The number of methoxy groups -OCH3 is 1. The average molecular weight is 996 g/mol. The largest absolute Gasteiger partial charge is 0.495 e. The first kappa shape index (κ1) is 51.2. The molecule has 0 radical (unpaired) electrons. The van der Waals surface area contributed by atoms with Gasteiger partial charge in [0.05, 0.1) is 30.5 Å². The summed E-state index contributed by atoms with van der Waals surface area (Å²) < 4.78 is 6.66. The Bertz CT molecular complexity index is 2450. The summed E-state index contributed by atoms with van der Waals surface area (Å²) in [5, 5.41) is 15.0. The summed E-state index contributed by atoms with van der Waals surface area (Å²) in [6.45, 7) is 7.24. The fourth-order valence-corrected chi connectivity index (χ4v) is 8.73. The van der Waals surface area contributed by atoms with Gasteiger partial charge in [-0.1, -0.05) is 59.5 Å². The highest BCUT2D eigenvalue weighted by molar-refractivity contribution is 9.10. The van der Waals surface area contributed by atoms with Crippen molar-refractivity contribution in [2.24, 2.45) is 5.41 Å². The number of nitrogens with one attached hydrogen (secondary N) is 5. The molecule has 0 bridgehead atoms. The Morgan fingerprint density at radius 3 is 2.47 bits per heavy atom. The van der Waals surface area contributed by atoms with Crippen LogP contribution in [0.15, 0.2) is 71.3 Å². The second-order valence-electron chi connectivity index (χ2n) is 18.0. The smallest absolute Gasteiger partial charge is 0.251 e. The zero-order chi connectivity index (χ0) is 48.8. The second kappa shape index (κ2) is 24.2. The van der Waals surface area contributed by atoms with E-state index in [-0.39, 0.29) is 42.5 Å². The summed E-state index contributed by atoms with van der Waals surface area (Å²) in [4.78, 5) is 90.3. The number of amides is 5. The van der Waals surface area contributed by atoms with Crippen LogP contribution in [0.3, 0.4) is 0 Å². The molecule has 1 atom stereocenters. The summed E-state index contributed by atoms with van der Waals surface area (Å²) in [6, 6.07) is 17.9. The van der Waals surface area contributed by atoms with E-state index in [0.717, 1.165) is 67.9 Å². The Morgan fingerprint density at radius 2 is 1.72 bits per heavy atom. The van der Waals surface area contributed by atoms with Crippen LogP contribution in [-0.4, -0.2) is 104 Å². The number of carbonyl (C=O) groups excluding carboxylic acids is 6. The number of ether oxygens (including phenoxy) is 1. The molecule has 2 aliphatic rings. The molecule has 1 fully saturated rings. The summed E-state index contributed by atoms with van der Waals surface area (Å²) in [6.07, 6.45) is 8.82. The molecule has 1 aromatic heterocycles. The number of unbranched alkanes of at least 4 members (excludes halogenated alkanes) is 4. The van der Waals surface area contributed by atoms with Crippen LogP contribution in [0.2, 0.25) is 0 Å². The topological polar surface area (TPSA) is 207 Å². The van der Waals surface area contributed by atoms with Gasteiger partial charge in [-0.05, 0) is 102 Å². The molecule has 5 amide bonds. The van der Waals surface area contributed by atoms with E-state index in [1.165, 1.54) is 7.11 Å². The van der Waals surface area contributed by atoms with E-state index in [1.807, 2.05) is 38.1 Å². The third-order valence-electron chi connectivity index (χ3n) is 12.2. The summed E-state index contributed by atoms with van der Waals surface area (Å²) in [5.41, 5.74) is 3.66. The molecule has 18 heteroatoms.